The van der Waals surface area contributed by atoms with Crippen LogP contribution in [-0.2, 0) is 14.8 Å². The SMILES string of the molecule is CC[C@@H](NC(=O)COc1ccc(N(C)S(C)(=O)=O)cc1)c1ccc(C)cc1C. The lowest BCUT2D eigenvalue weighted by Crippen LogP contribution is -2.32. The molecule has 6 nitrogen and oxygen atoms in total. The van der Waals surface area contributed by atoms with Gasteiger partial charge in [0.15, 0.2) is 6.61 Å². The van der Waals surface area contributed by atoms with Gasteiger partial charge in [0.2, 0.25) is 10.0 Å². The Labute approximate surface area is 167 Å². The van der Waals surface area contributed by atoms with E-state index in [-0.39, 0.29) is 18.6 Å². The van der Waals surface area contributed by atoms with E-state index in [4.69, 9.17) is 4.74 Å². The van der Waals surface area contributed by atoms with E-state index in [2.05, 4.69) is 17.4 Å². The van der Waals surface area contributed by atoms with Crippen LogP contribution in [0.2, 0.25) is 0 Å². The smallest absolute Gasteiger partial charge is 0.258 e. The van der Waals surface area contributed by atoms with Gasteiger partial charge in [-0.25, -0.2) is 8.42 Å². The van der Waals surface area contributed by atoms with Crippen molar-refractivity contribution in [2.75, 3.05) is 24.2 Å². The molecule has 28 heavy (non-hydrogen) atoms. The molecule has 1 amide bonds. The number of rotatable bonds is 8. The lowest BCUT2D eigenvalue weighted by molar-refractivity contribution is -0.123. The van der Waals surface area contributed by atoms with E-state index >= 15 is 0 Å². The van der Waals surface area contributed by atoms with Crippen molar-refractivity contribution >= 4 is 21.6 Å². The largest absolute Gasteiger partial charge is 0.484 e. The maximum atomic E-state index is 12.3. The summed E-state index contributed by atoms with van der Waals surface area (Å²) in [4.78, 5) is 12.3. The lowest BCUT2D eigenvalue weighted by Gasteiger charge is -2.20. The Bertz CT molecular complexity index is 924. The van der Waals surface area contributed by atoms with E-state index in [1.807, 2.05) is 26.8 Å². The van der Waals surface area contributed by atoms with Gasteiger partial charge in [-0.05, 0) is 55.7 Å². The number of hydrogen-bond acceptors (Lipinski definition) is 4. The Morgan fingerprint density at radius 3 is 2.32 bits per heavy atom. The predicted molar refractivity (Wildman–Crippen MR) is 112 cm³/mol. The molecule has 0 unspecified atom stereocenters. The van der Waals surface area contributed by atoms with Crippen molar-refractivity contribution in [3.8, 4) is 5.75 Å². The van der Waals surface area contributed by atoms with Crippen LogP contribution in [0.5, 0.6) is 5.75 Å². The Hall–Kier alpha value is -2.54. The molecule has 2 aromatic rings. The molecule has 2 aromatic carbocycles. The highest BCUT2D eigenvalue weighted by Crippen LogP contribution is 2.22. The van der Waals surface area contributed by atoms with Gasteiger partial charge >= 0.3 is 0 Å². The summed E-state index contributed by atoms with van der Waals surface area (Å²) < 4.78 is 29.8. The van der Waals surface area contributed by atoms with E-state index in [0.29, 0.717) is 11.4 Å². The monoisotopic (exact) mass is 404 g/mol. The zero-order valence-corrected chi connectivity index (χ0v) is 17.8. The second-order valence-corrected chi connectivity index (χ2v) is 8.92. The highest BCUT2D eigenvalue weighted by molar-refractivity contribution is 7.92. The predicted octanol–water partition coefficient (Wildman–Crippen LogP) is 3.35. The molecule has 0 aromatic heterocycles. The molecule has 0 fully saturated rings. The quantitative estimate of drug-likeness (QED) is 0.732. The van der Waals surface area contributed by atoms with E-state index in [9.17, 15) is 13.2 Å². The van der Waals surface area contributed by atoms with Gasteiger partial charge in [0.1, 0.15) is 5.75 Å². The first-order valence-electron chi connectivity index (χ1n) is 9.15. The van der Waals surface area contributed by atoms with Crippen LogP contribution >= 0.6 is 0 Å². The summed E-state index contributed by atoms with van der Waals surface area (Å²) in [5.41, 5.74) is 3.98. The molecule has 1 atom stereocenters. The first-order chi connectivity index (χ1) is 13.1. The summed E-state index contributed by atoms with van der Waals surface area (Å²) in [5.74, 6) is 0.296. The van der Waals surface area contributed by atoms with Crippen LogP contribution in [0.15, 0.2) is 42.5 Å². The normalized spacial score (nSPS) is 12.3. The summed E-state index contributed by atoms with van der Waals surface area (Å²) in [6.45, 7) is 6.01. The molecule has 0 aliphatic carbocycles. The third-order valence-corrected chi connectivity index (χ3v) is 5.82. The summed E-state index contributed by atoms with van der Waals surface area (Å²) >= 11 is 0. The lowest BCUT2D eigenvalue weighted by atomic mass is 9.97. The van der Waals surface area contributed by atoms with Gasteiger partial charge in [0.25, 0.3) is 5.91 Å². The first-order valence-corrected chi connectivity index (χ1v) is 11.0. The Morgan fingerprint density at radius 2 is 1.79 bits per heavy atom. The van der Waals surface area contributed by atoms with Crippen molar-refractivity contribution in [2.24, 2.45) is 0 Å². The van der Waals surface area contributed by atoms with Gasteiger partial charge in [-0.1, -0.05) is 30.7 Å². The molecule has 1 N–H and O–H groups in total. The molecule has 7 heteroatoms. The summed E-state index contributed by atoms with van der Waals surface area (Å²) in [6, 6.07) is 12.7. The number of aryl methyl sites for hydroxylation is 2. The minimum atomic E-state index is -3.32. The standard InChI is InChI=1S/C21H28N2O4S/c1-6-20(19-12-7-15(2)13-16(19)3)22-21(24)14-27-18-10-8-17(9-11-18)23(4)28(5,25)26/h7-13,20H,6,14H2,1-5H3,(H,22,24)/t20-/m1/s1. The fourth-order valence-corrected chi connectivity index (χ4v) is 3.45. The molecule has 0 aliphatic rings. The van der Waals surface area contributed by atoms with Crippen LogP contribution in [0, 0.1) is 13.8 Å². The van der Waals surface area contributed by atoms with E-state index in [1.165, 1.54) is 16.9 Å². The zero-order valence-electron chi connectivity index (χ0n) is 17.0. The molecule has 0 aliphatic heterocycles. The van der Waals surface area contributed by atoms with Gasteiger partial charge in [0.05, 0.1) is 18.0 Å². The minimum absolute atomic E-state index is 0.0671. The number of amides is 1. The van der Waals surface area contributed by atoms with Gasteiger partial charge < -0.3 is 10.1 Å². The average Bonchev–Trinajstić information content (AvgIpc) is 2.64. The molecule has 2 rings (SSSR count). The topological polar surface area (TPSA) is 75.7 Å². The van der Waals surface area contributed by atoms with Gasteiger partial charge in [-0.15, -0.1) is 0 Å². The molecule has 0 radical (unpaired) electrons. The van der Waals surface area contributed by atoms with Crippen molar-refractivity contribution in [3.63, 3.8) is 0 Å². The molecular weight excluding hydrogens is 376 g/mol. The van der Waals surface area contributed by atoms with Crippen LogP contribution in [0.4, 0.5) is 5.69 Å². The van der Waals surface area contributed by atoms with Crippen molar-refractivity contribution in [2.45, 2.75) is 33.2 Å². The number of ether oxygens (including phenoxy) is 1. The van der Waals surface area contributed by atoms with E-state index in [1.54, 1.807) is 24.3 Å². The Balaban J connectivity index is 1.96. The number of anilines is 1. The van der Waals surface area contributed by atoms with Crippen LogP contribution in [0.3, 0.4) is 0 Å². The zero-order chi connectivity index (χ0) is 20.9. The number of sulfonamides is 1. The van der Waals surface area contributed by atoms with Crippen molar-refractivity contribution in [1.29, 1.82) is 0 Å². The van der Waals surface area contributed by atoms with Crippen LogP contribution < -0.4 is 14.4 Å². The Morgan fingerprint density at radius 1 is 1.14 bits per heavy atom. The number of hydrogen-bond donors (Lipinski definition) is 1. The molecule has 0 saturated carbocycles. The molecule has 0 saturated heterocycles. The van der Waals surface area contributed by atoms with Gasteiger partial charge in [0, 0.05) is 7.05 Å². The molecule has 152 valence electrons. The third-order valence-electron chi connectivity index (χ3n) is 4.61. The van der Waals surface area contributed by atoms with Crippen molar-refractivity contribution < 1.29 is 17.9 Å². The molecular formula is C21H28N2O4S. The van der Waals surface area contributed by atoms with Crippen molar-refractivity contribution in [3.05, 3.63) is 59.2 Å². The molecule has 0 heterocycles. The fourth-order valence-electron chi connectivity index (χ4n) is 2.94. The molecule has 0 spiro atoms. The number of nitrogens with one attached hydrogen (secondary N) is 1. The van der Waals surface area contributed by atoms with Crippen LogP contribution in [0.1, 0.15) is 36.1 Å². The summed E-state index contributed by atoms with van der Waals surface area (Å²) in [7, 11) is -1.83. The van der Waals surface area contributed by atoms with Crippen LogP contribution in [0.25, 0.3) is 0 Å². The van der Waals surface area contributed by atoms with Gasteiger partial charge in [-0.3, -0.25) is 9.10 Å². The second kappa shape index (κ2) is 9.10. The second-order valence-electron chi connectivity index (χ2n) is 6.90. The average molecular weight is 405 g/mol. The third kappa shape index (κ3) is 5.73. The number of benzene rings is 2. The molecule has 0 bridgehead atoms. The fraction of sp³-hybridized carbons (Fsp3) is 0.381. The number of carbonyl (C=O) groups is 1. The number of nitrogens with zero attached hydrogens (tertiary/aromatic N) is 1. The van der Waals surface area contributed by atoms with E-state index in [0.717, 1.165) is 23.8 Å². The first kappa shape index (κ1) is 21.8. The maximum Gasteiger partial charge on any atom is 0.258 e. The van der Waals surface area contributed by atoms with Crippen molar-refractivity contribution in [1.82, 2.24) is 5.32 Å². The van der Waals surface area contributed by atoms with Crippen LogP contribution in [-0.4, -0.2) is 34.2 Å². The Kier molecular flexibility index (Phi) is 7.07. The van der Waals surface area contributed by atoms with Gasteiger partial charge in [-0.2, -0.15) is 0 Å². The minimum Gasteiger partial charge on any atom is -0.484 e. The van der Waals surface area contributed by atoms with E-state index < -0.39 is 10.0 Å². The summed E-state index contributed by atoms with van der Waals surface area (Å²) in [6.07, 6.45) is 1.92. The number of carbonyl (C=O) groups excluding carboxylic acids is 1. The maximum absolute atomic E-state index is 12.3. The summed E-state index contributed by atoms with van der Waals surface area (Å²) in [5, 5.41) is 3.01. The highest BCUT2D eigenvalue weighted by atomic mass is 32.2. The highest BCUT2D eigenvalue weighted by Gasteiger charge is 2.16.